The first-order chi connectivity index (χ1) is 9.22. The monoisotopic (exact) mass is 261 g/mol. The van der Waals surface area contributed by atoms with E-state index in [4.69, 9.17) is 4.42 Å². The first-order valence-corrected chi connectivity index (χ1v) is 6.18. The van der Waals surface area contributed by atoms with Crippen LogP contribution >= 0.6 is 0 Å². The number of furan rings is 1. The van der Waals surface area contributed by atoms with E-state index in [0.29, 0.717) is 18.3 Å². The van der Waals surface area contributed by atoms with Gasteiger partial charge in [0.05, 0.1) is 18.8 Å². The highest BCUT2D eigenvalue weighted by molar-refractivity contribution is 5.91. The Labute approximate surface area is 110 Å². The van der Waals surface area contributed by atoms with E-state index in [1.165, 1.54) is 0 Å². The maximum atomic E-state index is 11.9. The van der Waals surface area contributed by atoms with Crippen molar-refractivity contribution >= 4 is 5.91 Å². The quantitative estimate of drug-likeness (QED) is 0.824. The van der Waals surface area contributed by atoms with Crippen molar-refractivity contribution in [3.63, 3.8) is 0 Å². The third-order valence-corrected chi connectivity index (χ3v) is 3.10. The molecule has 1 saturated heterocycles. The maximum absolute atomic E-state index is 11.9. The van der Waals surface area contributed by atoms with Crippen molar-refractivity contribution in [1.29, 1.82) is 0 Å². The molecule has 0 aliphatic carbocycles. The third-order valence-electron chi connectivity index (χ3n) is 3.10. The van der Waals surface area contributed by atoms with E-state index in [-0.39, 0.29) is 5.91 Å². The lowest BCUT2D eigenvalue weighted by Gasteiger charge is -2.26. The number of carbonyl (C=O) groups excluding carboxylic acids is 1. The Bertz CT molecular complexity index is 584. The molecule has 0 bridgehead atoms. The van der Waals surface area contributed by atoms with Gasteiger partial charge in [0.15, 0.2) is 5.69 Å². The average molecular weight is 261 g/mol. The summed E-state index contributed by atoms with van der Waals surface area (Å²) < 4.78 is 7.10. The zero-order valence-electron chi connectivity index (χ0n) is 10.6. The van der Waals surface area contributed by atoms with Crippen LogP contribution in [-0.4, -0.2) is 34.0 Å². The molecule has 0 radical (unpaired) electrons. The van der Waals surface area contributed by atoms with Crippen LogP contribution < -0.4 is 10.6 Å². The molecular weight excluding hydrogens is 246 g/mol. The van der Waals surface area contributed by atoms with Gasteiger partial charge >= 0.3 is 0 Å². The molecule has 0 atom stereocenters. The van der Waals surface area contributed by atoms with E-state index >= 15 is 0 Å². The highest BCUT2D eigenvalue weighted by Gasteiger charge is 2.21. The number of hydrogen-bond donors (Lipinski definition) is 2. The van der Waals surface area contributed by atoms with Gasteiger partial charge in [0.25, 0.3) is 5.91 Å². The number of aromatic nitrogens is 3. The normalized spacial score (nSPS) is 15.2. The molecule has 0 saturated carbocycles. The summed E-state index contributed by atoms with van der Waals surface area (Å²) in [5, 5.41) is 13.7. The van der Waals surface area contributed by atoms with Gasteiger partial charge in [-0.05, 0) is 19.1 Å². The lowest BCUT2D eigenvalue weighted by Crippen LogP contribution is -2.43. The van der Waals surface area contributed by atoms with Crippen molar-refractivity contribution in [2.75, 3.05) is 13.1 Å². The maximum Gasteiger partial charge on any atom is 0.273 e. The van der Waals surface area contributed by atoms with Crippen LogP contribution in [0.15, 0.2) is 22.7 Å². The fourth-order valence-electron chi connectivity index (χ4n) is 1.86. The summed E-state index contributed by atoms with van der Waals surface area (Å²) in [4.78, 5) is 11.9. The van der Waals surface area contributed by atoms with E-state index in [2.05, 4.69) is 20.9 Å². The van der Waals surface area contributed by atoms with Crippen LogP contribution in [0.4, 0.5) is 0 Å². The number of rotatable bonds is 4. The van der Waals surface area contributed by atoms with Gasteiger partial charge < -0.3 is 15.1 Å². The molecule has 19 heavy (non-hydrogen) atoms. The van der Waals surface area contributed by atoms with Gasteiger partial charge in [0, 0.05) is 13.1 Å². The van der Waals surface area contributed by atoms with E-state index < -0.39 is 0 Å². The Hall–Kier alpha value is -2.15. The van der Waals surface area contributed by atoms with Gasteiger partial charge in [0.1, 0.15) is 11.5 Å². The first-order valence-electron chi connectivity index (χ1n) is 6.18. The molecule has 7 nitrogen and oxygen atoms in total. The molecule has 3 heterocycles. The second-order valence-electron chi connectivity index (χ2n) is 4.59. The fraction of sp³-hybridized carbons (Fsp3) is 0.417. The smallest absolute Gasteiger partial charge is 0.273 e. The average Bonchev–Trinajstić information content (AvgIpc) is 2.93. The summed E-state index contributed by atoms with van der Waals surface area (Å²) >= 11 is 0. The second-order valence-corrected chi connectivity index (χ2v) is 4.59. The van der Waals surface area contributed by atoms with Crippen LogP contribution in [0.25, 0.3) is 0 Å². The molecule has 1 fully saturated rings. The van der Waals surface area contributed by atoms with Crippen LogP contribution in [0.5, 0.6) is 0 Å². The molecule has 7 heteroatoms. The molecule has 0 aromatic carbocycles. The number of nitrogens with zero attached hydrogens (tertiary/aromatic N) is 3. The Balaban J connectivity index is 1.58. The van der Waals surface area contributed by atoms with Gasteiger partial charge in [-0.2, -0.15) is 0 Å². The molecule has 100 valence electrons. The molecule has 2 aromatic heterocycles. The Morgan fingerprint density at radius 2 is 2.42 bits per heavy atom. The molecule has 3 rings (SSSR count). The molecule has 2 aromatic rings. The van der Waals surface area contributed by atoms with E-state index in [0.717, 1.165) is 24.6 Å². The minimum absolute atomic E-state index is 0.243. The second kappa shape index (κ2) is 4.85. The van der Waals surface area contributed by atoms with Crippen molar-refractivity contribution in [2.45, 2.75) is 19.5 Å². The van der Waals surface area contributed by atoms with Gasteiger partial charge in [-0.1, -0.05) is 5.21 Å². The van der Waals surface area contributed by atoms with Gasteiger partial charge in [-0.25, -0.2) is 4.68 Å². The van der Waals surface area contributed by atoms with E-state index in [1.807, 2.05) is 19.1 Å². The summed E-state index contributed by atoms with van der Waals surface area (Å²) in [7, 11) is 0. The molecule has 0 spiro atoms. The zero-order chi connectivity index (χ0) is 13.2. The van der Waals surface area contributed by atoms with E-state index in [9.17, 15) is 4.79 Å². The number of amides is 1. The van der Waals surface area contributed by atoms with Gasteiger partial charge in [-0.15, -0.1) is 5.10 Å². The van der Waals surface area contributed by atoms with Crippen molar-refractivity contribution in [3.05, 3.63) is 35.5 Å². The summed E-state index contributed by atoms with van der Waals surface area (Å²) in [5.41, 5.74) is 0.329. The molecule has 1 aliphatic rings. The lowest BCUT2D eigenvalue weighted by atomic mass is 10.2. The van der Waals surface area contributed by atoms with Crippen LogP contribution in [0.1, 0.15) is 28.1 Å². The molecule has 0 unspecified atom stereocenters. The minimum Gasteiger partial charge on any atom is -0.465 e. The van der Waals surface area contributed by atoms with Crippen LogP contribution in [0, 0.1) is 6.92 Å². The Kier molecular flexibility index (Phi) is 3.04. The molecular formula is C12H15N5O2. The SMILES string of the molecule is Cc1ccc(CNC(=O)c2cn(C3CNC3)nn2)o1. The topological polar surface area (TPSA) is 85.0 Å². The van der Waals surface area contributed by atoms with Crippen molar-refractivity contribution < 1.29 is 9.21 Å². The van der Waals surface area contributed by atoms with Crippen LogP contribution in [-0.2, 0) is 6.54 Å². The summed E-state index contributed by atoms with van der Waals surface area (Å²) in [6.07, 6.45) is 1.67. The first kappa shape index (κ1) is 11.9. The molecule has 2 N–H and O–H groups in total. The number of hydrogen-bond acceptors (Lipinski definition) is 5. The summed E-state index contributed by atoms with van der Waals surface area (Å²) in [5.74, 6) is 1.31. The highest BCUT2D eigenvalue weighted by atomic mass is 16.3. The standard InChI is InChI=1S/C12H15N5O2/c1-8-2-3-10(19-8)6-14-12(18)11-7-17(16-15-11)9-4-13-5-9/h2-3,7,9,13H,4-6H2,1H3,(H,14,18). The predicted octanol–water partition coefficient (Wildman–Crippen LogP) is 0.254. The van der Waals surface area contributed by atoms with E-state index in [1.54, 1.807) is 10.9 Å². The number of nitrogens with one attached hydrogen (secondary N) is 2. The van der Waals surface area contributed by atoms with Crippen LogP contribution in [0.2, 0.25) is 0 Å². The predicted molar refractivity (Wildman–Crippen MR) is 66.5 cm³/mol. The van der Waals surface area contributed by atoms with Crippen molar-refractivity contribution in [3.8, 4) is 0 Å². The summed E-state index contributed by atoms with van der Waals surface area (Å²) in [6, 6.07) is 4.01. The van der Waals surface area contributed by atoms with Crippen LogP contribution in [0.3, 0.4) is 0 Å². The van der Waals surface area contributed by atoms with Gasteiger partial charge in [-0.3, -0.25) is 4.79 Å². The number of aryl methyl sites for hydroxylation is 1. The Morgan fingerprint density at radius 3 is 3.05 bits per heavy atom. The van der Waals surface area contributed by atoms with Gasteiger partial charge in [0.2, 0.25) is 0 Å². The highest BCUT2D eigenvalue weighted by Crippen LogP contribution is 2.10. The minimum atomic E-state index is -0.243. The van der Waals surface area contributed by atoms with Crippen molar-refractivity contribution in [1.82, 2.24) is 25.6 Å². The van der Waals surface area contributed by atoms with Crippen molar-refractivity contribution in [2.24, 2.45) is 0 Å². The summed E-state index contributed by atoms with van der Waals surface area (Å²) in [6.45, 7) is 3.96. The molecule has 1 aliphatic heterocycles. The largest absolute Gasteiger partial charge is 0.465 e. The molecule has 1 amide bonds. The Morgan fingerprint density at radius 1 is 1.58 bits per heavy atom. The fourth-order valence-corrected chi connectivity index (χ4v) is 1.86. The third kappa shape index (κ3) is 2.50. The lowest BCUT2D eigenvalue weighted by molar-refractivity contribution is 0.0942. The number of carbonyl (C=O) groups is 1. The zero-order valence-corrected chi connectivity index (χ0v) is 10.6.